The van der Waals surface area contributed by atoms with Gasteiger partial charge < -0.3 is 15.3 Å². The SMILES string of the molecule is Cc1c(O)cccc1C(=O)NCCCN1CCC2CCCCC2C1. The van der Waals surface area contributed by atoms with E-state index in [1.807, 2.05) is 0 Å². The monoisotopic (exact) mass is 330 g/mol. The van der Waals surface area contributed by atoms with E-state index >= 15 is 0 Å². The molecule has 0 bridgehead atoms. The topological polar surface area (TPSA) is 52.6 Å². The second-order valence-electron chi connectivity index (χ2n) is 7.45. The van der Waals surface area contributed by atoms with Crippen LogP contribution in [-0.2, 0) is 0 Å². The molecule has 1 saturated carbocycles. The van der Waals surface area contributed by atoms with Crippen molar-refractivity contribution in [3.05, 3.63) is 29.3 Å². The van der Waals surface area contributed by atoms with Crippen LogP contribution in [0.15, 0.2) is 18.2 Å². The lowest BCUT2D eigenvalue weighted by Crippen LogP contribution is -2.42. The summed E-state index contributed by atoms with van der Waals surface area (Å²) in [6.45, 7) is 6.02. The van der Waals surface area contributed by atoms with Gasteiger partial charge in [0.2, 0.25) is 0 Å². The quantitative estimate of drug-likeness (QED) is 0.814. The zero-order chi connectivity index (χ0) is 16.9. The fraction of sp³-hybridized carbons (Fsp3) is 0.650. The van der Waals surface area contributed by atoms with Crippen LogP contribution in [0, 0.1) is 18.8 Å². The Morgan fingerprint density at radius 2 is 2.04 bits per heavy atom. The van der Waals surface area contributed by atoms with Crippen LogP contribution < -0.4 is 5.32 Å². The minimum atomic E-state index is -0.0885. The maximum absolute atomic E-state index is 12.2. The second-order valence-corrected chi connectivity index (χ2v) is 7.45. The summed E-state index contributed by atoms with van der Waals surface area (Å²) in [7, 11) is 0. The molecule has 1 aromatic carbocycles. The highest BCUT2D eigenvalue weighted by atomic mass is 16.3. The largest absolute Gasteiger partial charge is 0.508 e. The summed E-state index contributed by atoms with van der Waals surface area (Å²) >= 11 is 0. The van der Waals surface area contributed by atoms with E-state index in [4.69, 9.17) is 0 Å². The Bertz CT molecular complexity index is 573. The molecule has 2 fully saturated rings. The van der Waals surface area contributed by atoms with Crippen LogP contribution in [0.1, 0.15) is 54.4 Å². The van der Waals surface area contributed by atoms with E-state index < -0.39 is 0 Å². The molecule has 4 heteroatoms. The number of phenols is 1. The summed E-state index contributed by atoms with van der Waals surface area (Å²) < 4.78 is 0. The molecule has 1 aromatic rings. The number of nitrogens with zero attached hydrogens (tertiary/aromatic N) is 1. The van der Waals surface area contributed by atoms with Crippen molar-refractivity contribution in [3.8, 4) is 5.75 Å². The predicted octanol–water partition coefficient (Wildman–Crippen LogP) is 3.33. The number of rotatable bonds is 5. The molecule has 1 heterocycles. The Morgan fingerprint density at radius 3 is 2.88 bits per heavy atom. The number of fused-ring (bicyclic) bond motifs is 1. The third-order valence-electron chi connectivity index (χ3n) is 5.86. The first-order chi connectivity index (χ1) is 11.6. The molecule has 1 saturated heterocycles. The van der Waals surface area contributed by atoms with E-state index in [9.17, 15) is 9.90 Å². The van der Waals surface area contributed by atoms with Crippen molar-refractivity contribution in [3.63, 3.8) is 0 Å². The van der Waals surface area contributed by atoms with Crippen molar-refractivity contribution in [1.82, 2.24) is 10.2 Å². The Labute approximate surface area is 145 Å². The maximum Gasteiger partial charge on any atom is 0.251 e. The van der Waals surface area contributed by atoms with E-state index in [0.717, 1.165) is 24.8 Å². The summed E-state index contributed by atoms with van der Waals surface area (Å²) in [5.74, 6) is 1.98. The third-order valence-corrected chi connectivity index (χ3v) is 5.86. The molecule has 2 aliphatic rings. The molecule has 0 spiro atoms. The van der Waals surface area contributed by atoms with E-state index in [2.05, 4.69) is 10.2 Å². The van der Waals surface area contributed by atoms with Gasteiger partial charge in [-0.15, -0.1) is 0 Å². The zero-order valence-electron chi connectivity index (χ0n) is 14.8. The van der Waals surface area contributed by atoms with Gasteiger partial charge in [-0.05, 0) is 63.2 Å². The summed E-state index contributed by atoms with van der Waals surface area (Å²) in [6, 6.07) is 5.09. The number of likely N-dealkylation sites (tertiary alicyclic amines) is 1. The van der Waals surface area contributed by atoms with E-state index in [1.165, 1.54) is 45.2 Å². The van der Waals surface area contributed by atoms with Gasteiger partial charge in [-0.3, -0.25) is 4.79 Å². The van der Waals surface area contributed by atoms with Gasteiger partial charge in [0.25, 0.3) is 5.91 Å². The third kappa shape index (κ3) is 4.10. The molecule has 132 valence electrons. The second kappa shape index (κ2) is 8.02. The lowest BCUT2D eigenvalue weighted by atomic mass is 9.75. The molecule has 2 unspecified atom stereocenters. The fourth-order valence-corrected chi connectivity index (χ4v) is 4.35. The summed E-state index contributed by atoms with van der Waals surface area (Å²) in [5, 5.41) is 12.7. The molecular formula is C20H30N2O2. The molecule has 4 nitrogen and oxygen atoms in total. The number of benzene rings is 1. The Balaban J connectivity index is 1.39. The smallest absolute Gasteiger partial charge is 0.251 e. The Hall–Kier alpha value is -1.55. The Morgan fingerprint density at radius 1 is 1.25 bits per heavy atom. The van der Waals surface area contributed by atoms with Gasteiger partial charge in [0.15, 0.2) is 0 Å². The molecule has 2 atom stereocenters. The lowest BCUT2D eigenvalue weighted by molar-refractivity contribution is 0.0847. The standard InChI is InChI=1S/C20H30N2O2/c1-15-18(8-4-9-19(15)23)20(24)21-11-5-12-22-13-10-16-6-2-3-7-17(16)14-22/h4,8-9,16-17,23H,2-3,5-7,10-14H2,1H3,(H,21,24). The van der Waals surface area contributed by atoms with Gasteiger partial charge in [0.1, 0.15) is 5.75 Å². The minimum absolute atomic E-state index is 0.0885. The number of amides is 1. The fourth-order valence-electron chi connectivity index (χ4n) is 4.35. The lowest BCUT2D eigenvalue weighted by Gasteiger charge is -2.41. The van der Waals surface area contributed by atoms with Gasteiger partial charge in [-0.25, -0.2) is 0 Å². The number of aromatic hydroxyl groups is 1. The number of nitrogens with one attached hydrogen (secondary N) is 1. The number of piperidine rings is 1. The number of hydrogen-bond acceptors (Lipinski definition) is 3. The minimum Gasteiger partial charge on any atom is -0.508 e. The van der Waals surface area contributed by atoms with Crippen LogP contribution >= 0.6 is 0 Å². The van der Waals surface area contributed by atoms with Gasteiger partial charge in [0, 0.05) is 24.2 Å². The van der Waals surface area contributed by atoms with Crippen molar-refractivity contribution < 1.29 is 9.90 Å². The molecule has 0 radical (unpaired) electrons. The van der Waals surface area contributed by atoms with Gasteiger partial charge >= 0.3 is 0 Å². The van der Waals surface area contributed by atoms with Crippen molar-refractivity contribution in [2.45, 2.75) is 45.4 Å². The predicted molar refractivity (Wildman–Crippen MR) is 96.3 cm³/mol. The van der Waals surface area contributed by atoms with Crippen molar-refractivity contribution in [2.75, 3.05) is 26.2 Å². The molecule has 1 aliphatic heterocycles. The van der Waals surface area contributed by atoms with Crippen molar-refractivity contribution in [2.24, 2.45) is 11.8 Å². The average Bonchev–Trinajstić information content (AvgIpc) is 2.60. The van der Waals surface area contributed by atoms with E-state index in [1.54, 1.807) is 25.1 Å². The van der Waals surface area contributed by atoms with Crippen LogP contribution in [-0.4, -0.2) is 42.1 Å². The van der Waals surface area contributed by atoms with Crippen LogP contribution in [0.5, 0.6) is 5.75 Å². The van der Waals surface area contributed by atoms with Gasteiger partial charge in [0.05, 0.1) is 0 Å². The van der Waals surface area contributed by atoms with Crippen molar-refractivity contribution >= 4 is 5.91 Å². The first-order valence-electron chi connectivity index (χ1n) is 9.44. The maximum atomic E-state index is 12.2. The first kappa shape index (κ1) is 17.3. The van der Waals surface area contributed by atoms with Gasteiger partial charge in [-0.1, -0.05) is 25.3 Å². The molecule has 3 rings (SSSR count). The highest BCUT2D eigenvalue weighted by molar-refractivity contribution is 5.96. The molecule has 1 aliphatic carbocycles. The number of carbonyl (C=O) groups is 1. The van der Waals surface area contributed by atoms with Crippen molar-refractivity contribution in [1.29, 1.82) is 0 Å². The molecular weight excluding hydrogens is 300 g/mol. The van der Waals surface area contributed by atoms with E-state index in [-0.39, 0.29) is 11.7 Å². The molecule has 0 aromatic heterocycles. The normalized spacial score (nSPS) is 24.4. The number of phenolic OH excluding ortho intramolecular Hbond substituents is 1. The molecule has 2 N–H and O–H groups in total. The van der Waals surface area contributed by atoms with E-state index in [0.29, 0.717) is 17.7 Å². The summed E-state index contributed by atoms with van der Waals surface area (Å²) in [6.07, 6.45) is 8.04. The Kier molecular flexibility index (Phi) is 5.77. The average molecular weight is 330 g/mol. The molecule has 1 amide bonds. The number of carbonyl (C=O) groups excluding carboxylic acids is 1. The molecule has 24 heavy (non-hydrogen) atoms. The highest BCUT2D eigenvalue weighted by Gasteiger charge is 2.30. The van der Waals surface area contributed by atoms with Crippen LogP contribution in [0.25, 0.3) is 0 Å². The highest BCUT2D eigenvalue weighted by Crippen LogP contribution is 2.35. The van der Waals surface area contributed by atoms with Crippen LogP contribution in [0.2, 0.25) is 0 Å². The number of hydrogen-bond donors (Lipinski definition) is 2. The van der Waals surface area contributed by atoms with Crippen LogP contribution in [0.4, 0.5) is 0 Å². The zero-order valence-corrected chi connectivity index (χ0v) is 14.8. The van der Waals surface area contributed by atoms with Gasteiger partial charge in [-0.2, -0.15) is 0 Å². The summed E-state index contributed by atoms with van der Waals surface area (Å²) in [5.41, 5.74) is 1.22. The first-order valence-corrected chi connectivity index (χ1v) is 9.44. The van der Waals surface area contributed by atoms with Crippen LogP contribution in [0.3, 0.4) is 0 Å². The summed E-state index contributed by atoms with van der Waals surface area (Å²) in [4.78, 5) is 14.8.